The number of carbonyl (C=O) groups excluding carboxylic acids is 5. The number of likely N-dealkylation sites (tertiary alicyclic amines) is 1. The molecule has 4 N–H and O–H groups in total. The van der Waals surface area contributed by atoms with Crippen LogP contribution in [0.15, 0.2) is 42.3 Å². The van der Waals surface area contributed by atoms with Crippen molar-refractivity contribution in [3.63, 3.8) is 0 Å². The van der Waals surface area contributed by atoms with Gasteiger partial charge >= 0.3 is 12.0 Å². The number of anilines is 1. The molecular weight excluding hydrogens is 739 g/mol. The van der Waals surface area contributed by atoms with E-state index in [1.807, 2.05) is 54.5 Å². The third-order valence-electron chi connectivity index (χ3n) is 10.4. The fourth-order valence-corrected chi connectivity index (χ4v) is 7.32. The molecule has 2 aliphatic rings. The lowest BCUT2D eigenvalue weighted by Gasteiger charge is -2.36. The van der Waals surface area contributed by atoms with E-state index in [-0.39, 0.29) is 36.2 Å². The molecule has 4 unspecified atom stereocenters. The van der Waals surface area contributed by atoms with E-state index in [1.165, 1.54) is 30.3 Å². The molecule has 302 valence electrons. The lowest BCUT2D eigenvalue weighted by molar-refractivity contribution is -0.148. The number of methoxy groups -OCH3 is 2. The number of pyridine rings is 1. The Morgan fingerprint density at radius 3 is 2.32 bits per heavy atom. The van der Waals surface area contributed by atoms with Gasteiger partial charge in [0.1, 0.15) is 40.9 Å². The molecule has 5 rings (SSSR count). The van der Waals surface area contributed by atoms with Gasteiger partial charge in [0.25, 0.3) is 0 Å². The summed E-state index contributed by atoms with van der Waals surface area (Å²) in [5, 5.41) is 14.2. The molecule has 0 spiro atoms. The van der Waals surface area contributed by atoms with Crippen molar-refractivity contribution >= 4 is 57.1 Å². The first kappa shape index (κ1) is 41.9. The third-order valence-corrected chi connectivity index (χ3v) is 11.2. The van der Waals surface area contributed by atoms with Crippen LogP contribution < -0.4 is 30.7 Å². The highest BCUT2D eigenvalue weighted by atomic mass is 32.1. The molecule has 15 nitrogen and oxygen atoms in total. The maximum absolute atomic E-state index is 14.7. The van der Waals surface area contributed by atoms with Crippen LogP contribution in [-0.2, 0) is 23.9 Å². The minimum atomic E-state index is -1.30. The van der Waals surface area contributed by atoms with Gasteiger partial charge in [0, 0.05) is 48.2 Å². The second-order valence-electron chi connectivity index (χ2n) is 16.6. The van der Waals surface area contributed by atoms with Crippen molar-refractivity contribution < 1.29 is 38.2 Å². The molecule has 5 amide bonds. The van der Waals surface area contributed by atoms with Crippen molar-refractivity contribution in [1.29, 1.82) is 0 Å². The molecule has 1 aliphatic heterocycles. The molecule has 1 aliphatic carbocycles. The van der Waals surface area contributed by atoms with E-state index in [0.29, 0.717) is 45.3 Å². The summed E-state index contributed by atoms with van der Waals surface area (Å²) >= 11 is 1.25. The van der Waals surface area contributed by atoms with Gasteiger partial charge in [0.2, 0.25) is 17.7 Å². The standard InChI is InChI=1S/C40H53N7O8S/c1-12-23-18-40(23,35(51)54-11)46-33(49)30-16-25(19-47(30)34(50)32(39(7,8)9)45-36(52)41-21(2)38(4,5)6)55-31-17-28(29-20-56-37(44-29)42-22(3)48)43-27-15-24(53-10)13-14-26(27)31/h12-15,17,20-21,23,25,30,32H,1,16,18-19H2,2-11H3,(H,46,49)(H2,41,45,52)(H,42,44,48)/t21?,23-,25?,30?,32+,40?/m0/s1. The van der Waals surface area contributed by atoms with Crippen molar-refractivity contribution in [2.75, 3.05) is 26.1 Å². The molecule has 16 heteroatoms. The average Bonchev–Trinajstić information content (AvgIpc) is 3.40. The zero-order valence-corrected chi connectivity index (χ0v) is 34.5. The van der Waals surface area contributed by atoms with E-state index in [4.69, 9.17) is 19.2 Å². The number of fused-ring (bicyclic) bond motifs is 1. The summed E-state index contributed by atoms with van der Waals surface area (Å²) in [6, 6.07) is 4.23. The number of benzene rings is 1. The van der Waals surface area contributed by atoms with E-state index in [9.17, 15) is 24.0 Å². The Labute approximate surface area is 331 Å². The first-order chi connectivity index (χ1) is 26.2. The molecule has 0 radical (unpaired) electrons. The van der Waals surface area contributed by atoms with Crippen LogP contribution in [0.4, 0.5) is 9.93 Å². The van der Waals surface area contributed by atoms with Crippen molar-refractivity contribution in [3.8, 4) is 22.9 Å². The van der Waals surface area contributed by atoms with Gasteiger partial charge in [-0.3, -0.25) is 14.4 Å². The molecule has 1 saturated heterocycles. The Morgan fingerprint density at radius 2 is 1.73 bits per heavy atom. The second-order valence-corrected chi connectivity index (χ2v) is 17.5. The number of hydrogen-bond donors (Lipinski definition) is 4. The molecule has 3 aromatic rings. The number of ether oxygens (including phenoxy) is 3. The Morgan fingerprint density at radius 1 is 1.02 bits per heavy atom. The van der Waals surface area contributed by atoms with E-state index < -0.39 is 53.0 Å². The fourth-order valence-electron chi connectivity index (χ4n) is 6.57. The summed E-state index contributed by atoms with van der Waals surface area (Å²) in [4.78, 5) is 77.7. The molecule has 6 atom stereocenters. The zero-order valence-electron chi connectivity index (χ0n) is 33.7. The molecule has 2 fully saturated rings. The predicted octanol–water partition coefficient (Wildman–Crippen LogP) is 5.06. The first-order valence-corrected chi connectivity index (χ1v) is 19.4. The lowest BCUT2D eigenvalue weighted by atomic mass is 9.85. The van der Waals surface area contributed by atoms with Crippen LogP contribution in [0, 0.1) is 16.7 Å². The van der Waals surface area contributed by atoms with E-state index in [1.54, 1.807) is 36.8 Å². The van der Waals surface area contributed by atoms with Gasteiger partial charge in [-0.05, 0) is 36.3 Å². The van der Waals surface area contributed by atoms with E-state index >= 15 is 0 Å². The summed E-state index contributed by atoms with van der Waals surface area (Å²) in [5.74, 6) is -1.26. The highest BCUT2D eigenvalue weighted by molar-refractivity contribution is 7.14. The SMILES string of the molecule is C=C[C@H]1CC1(NC(=O)C1CC(Oc2cc(-c3csc(NC(C)=O)n3)nc3cc(OC)ccc23)CN1C(=O)[C@@H](NC(=O)NC(C)C(C)(C)C)C(C)(C)C)C(=O)OC. The minimum absolute atomic E-state index is 0.0139. The maximum atomic E-state index is 14.7. The lowest BCUT2D eigenvalue weighted by Crippen LogP contribution is -2.61. The van der Waals surface area contributed by atoms with E-state index in [2.05, 4.69) is 32.8 Å². The van der Waals surface area contributed by atoms with Gasteiger partial charge < -0.3 is 40.4 Å². The molecule has 0 bridgehead atoms. The Bertz CT molecular complexity index is 2020. The molecular formula is C40H53N7O8S. The van der Waals surface area contributed by atoms with Gasteiger partial charge in [0.15, 0.2) is 5.13 Å². The number of aromatic nitrogens is 2. The van der Waals surface area contributed by atoms with Crippen molar-refractivity contribution in [2.45, 2.75) is 98.0 Å². The highest BCUT2D eigenvalue weighted by Crippen LogP contribution is 2.46. The van der Waals surface area contributed by atoms with Crippen LogP contribution in [0.5, 0.6) is 11.5 Å². The maximum Gasteiger partial charge on any atom is 0.332 e. The number of hydrogen-bond acceptors (Lipinski definition) is 11. The Kier molecular flexibility index (Phi) is 12.0. The Hall–Kier alpha value is -5.25. The smallest absolute Gasteiger partial charge is 0.332 e. The van der Waals surface area contributed by atoms with Gasteiger partial charge in [-0.25, -0.2) is 19.6 Å². The monoisotopic (exact) mass is 791 g/mol. The van der Waals surface area contributed by atoms with Crippen LogP contribution in [0.2, 0.25) is 0 Å². The van der Waals surface area contributed by atoms with Gasteiger partial charge in [-0.2, -0.15) is 0 Å². The summed E-state index contributed by atoms with van der Waals surface area (Å²) in [7, 11) is 2.81. The van der Waals surface area contributed by atoms with Gasteiger partial charge in [-0.1, -0.05) is 47.6 Å². The number of nitrogens with one attached hydrogen (secondary N) is 4. The van der Waals surface area contributed by atoms with Crippen LogP contribution >= 0.6 is 11.3 Å². The molecule has 1 aromatic carbocycles. The van der Waals surface area contributed by atoms with Gasteiger partial charge in [0.05, 0.1) is 32.0 Å². The van der Waals surface area contributed by atoms with Crippen molar-refractivity contribution in [1.82, 2.24) is 30.8 Å². The normalized spacial score (nSPS) is 21.7. The minimum Gasteiger partial charge on any atom is -0.497 e. The number of esters is 1. The number of carbonyl (C=O) groups is 5. The Balaban J connectivity index is 1.51. The largest absolute Gasteiger partial charge is 0.497 e. The van der Waals surface area contributed by atoms with Crippen LogP contribution in [0.3, 0.4) is 0 Å². The number of amides is 5. The number of urea groups is 1. The van der Waals surface area contributed by atoms with Gasteiger partial charge in [-0.15, -0.1) is 17.9 Å². The third kappa shape index (κ3) is 9.06. The average molecular weight is 792 g/mol. The van der Waals surface area contributed by atoms with E-state index in [0.717, 1.165) is 0 Å². The first-order valence-electron chi connectivity index (χ1n) is 18.5. The molecule has 2 aromatic heterocycles. The topological polar surface area (TPSA) is 190 Å². The summed E-state index contributed by atoms with van der Waals surface area (Å²) in [6.07, 6.45) is 1.26. The number of rotatable bonds is 12. The zero-order chi connectivity index (χ0) is 41.3. The van der Waals surface area contributed by atoms with Crippen molar-refractivity contribution in [3.05, 3.63) is 42.3 Å². The molecule has 3 heterocycles. The van der Waals surface area contributed by atoms with Crippen LogP contribution in [0.25, 0.3) is 22.3 Å². The van der Waals surface area contributed by atoms with Crippen LogP contribution in [-0.4, -0.2) is 95.1 Å². The summed E-state index contributed by atoms with van der Waals surface area (Å²) in [6.45, 7) is 18.6. The summed E-state index contributed by atoms with van der Waals surface area (Å²) < 4.78 is 17.2. The predicted molar refractivity (Wildman–Crippen MR) is 213 cm³/mol. The highest BCUT2D eigenvalue weighted by Gasteiger charge is 2.62. The number of nitrogens with zero attached hydrogens (tertiary/aromatic N) is 3. The molecule has 56 heavy (non-hydrogen) atoms. The summed E-state index contributed by atoms with van der Waals surface area (Å²) in [5.41, 5.74) is -0.798. The van der Waals surface area contributed by atoms with Crippen molar-refractivity contribution in [2.24, 2.45) is 16.7 Å². The number of thiazole rings is 1. The molecule has 1 saturated carbocycles. The second kappa shape index (κ2) is 16.1. The quantitative estimate of drug-likeness (QED) is 0.143. The fraction of sp³-hybridized carbons (Fsp3) is 0.525. The van der Waals surface area contributed by atoms with Crippen LogP contribution in [0.1, 0.15) is 68.2 Å².